The van der Waals surface area contributed by atoms with Crippen LogP contribution in [0.25, 0.3) is 27.8 Å². The summed E-state index contributed by atoms with van der Waals surface area (Å²) >= 11 is 11.2. The van der Waals surface area contributed by atoms with Crippen molar-refractivity contribution in [1.29, 1.82) is 0 Å². The Morgan fingerprint density at radius 3 is 2.77 bits per heavy atom. The Morgan fingerprint density at radius 2 is 2.03 bits per heavy atom. The third-order valence-electron chi connectivity index (χ3n) is 4.28. The summed E-state index contributed by atoms with van der Waals surface area (Å²) in [5, 5.41) is 5.72. The number of hydrogen-bond acceptors (Lipinski definition) is 6. The van der Waals surface area contributed by atoms with Crippen LogP contribution in [0.5, 0.6) is 0 Å². The van der Waals surface area contributed by atoms with Gasteiger partial charge in [0.05, 0.1) is 21.8 Å². The van der Waals surface area contributed by atoms with Crippen LogP contribution in [0.15, 0.2) is 53.0 Å². The molecule has 0 saturated heterocycles. The molecule has 152 valence electrons. The predicted octanol–water partition coefficient (Wildman–Crippen LogP) is 5.96. The molecule has 0 unspecified atom stereocenters. The van der Waals surface area contributed by atoms with Crippen molar-refractivity contribution in [1.82, 2.24) is 19.1 Å². The van der Waals surface area contributed by atoms with Crippen LogP contribution in [0.4, 0.5) is 0 Å². The maximum Gasteiger partial charge on any atom is 0.360 e. The molecule has 0 saturated carbocycles. The van der Waals surface area contributed by atoms with Crippen LogP contribution in [0.1, 0.15) is 23.0 Å². The first-order chi connectivity index (χ1) is 14.5. The number of benzene rings is 2. The highest BCUT2D eigenvalue weighted by Gasteiger charge is 2.27. The van der Waals surface area contributed by atoms with Crippen molar-refractivity contribution < 1.29 is 9.53 Å². The van der Waals surface area contributed by atoms with Gasteiger partial charge in [0.2, 0.25) is 0 Å². The number of nitrogens with zero attached hydrogens (tertiary/aromatic N) is 4. The first-order valence-electron chi connectivity index (χ1n) is 9.11. The SMILES string of the molecule is CCOC(=O)c1nn(-c2ccccc2Cl)c(-c2nsc(-c3cccc(C)c3)n2)c1Br. The van der Waals surface area contributed by atoms with Crippen molar-refractivity contribution in [2.75, 3.05) is 6.61 Å². The second-order valence-electron chi connectivity index (χ2n) is 6.39. The molecule has 0 aliphatic rings. The van der Waals surface area contributed by atoms with E-state index in [1.807, 2.05) is 43.3 Å². The van der Waals surface area contributed by atoms with Gasteiger partial charge in [-0.2, -0.15) is 9.47 Å². The lowest BCUT2D eigenvalue weighted by Gasteiger charge is -2.07. The quantitative estimate of drug-likeness (QED) is 0.314. The number of carbonyl (C=O) groups excluding carboxylic acids is 1. The highest BCUT2D eigenvalue weighted by atomic mass is 79.9. The van der Waals surface area contributed by atoms with Crippen LogP contribution >= 0.6 is 39.1 Å². The van der Waals surface area contributed by atoms with E-state index in [4.69, 9.17) is 21.3 Å². The van der Waals surface area contributed by atoms with Crippen LogP contribution < -0.4 is 0 Å². The van der Waals surface area contributed by atoms with Crippen LogP contribution in [0, 0.1) is 6.92 Å². The van der Waals surface area contributed by atoms with Crippen LogP contribution in [0.2, 0.25) is 5.02 Å². The molecule has 0 aliphatic carbocycles. The monoisotopic (exact) mass is 502 g/mol. The minimum absolute atomic E-state index is 0.138. The minimum atomic E-state index is -0.537. The molecule has 2 heterocycles. The van der Waals surface area contributed by atoms with Crippen LogP contribution in [0.3, 0.4) is 0 Å². The lowest BCUT2D eigenvalue weighted by atomic mass is 10.1. The zero-order valence-electron chi connectivity index (χ0n) is 16.1. The maximum atomic E-state index is 12.4. The van der Waals surface area contributed by atoms with Gasteiger partial charge in [-0.25, -0.2) is 14.5 Å². The van der Waals surface area contributed by atoms with Crippen molar-refractivity contribution in [2.45, 2.75) is 13.8 Å². The first-order valence-corrected chi connectivity index (χ1v) is 11.1. The molecular weight excluding hydrogens is 488 g/mol. The fourth-order valence-electron chi connectivity index (χ4n) is 2.93. The summed E-state index contributed by atoms with van der Waals surface area (Å²) < 4.78 is 11.7. The van der Waals surface area contributed by atoms with Gasteiger partial charge in [-0.15, -0.1) is 0 Å². The number of esters is 1. The molecule has 0 radical (unpaired) electrons. The highest BCUT2D eigenvalue weighted by Crippen LogP contribution is 2.36. The zero-order chi connectivity index (χ0) is 21.3. The van der Waals surface area contributed by atoms with Gasteiger partial charge in [0.15, 0.2) is 11.5 Å². The van der Waals surface area contributed by atoms with Crippen molar-refractivity contribution in [2.24, 2.45) is 0 Å². The Morgan fingerprint density at radius 1 is 1.23 bits per heavy atom. The fraction of sp³-hybridized carbons (Fsp3) is 0.143. The molecule has 9 heteroatoms. The van der Waals surface area contributed by atoms with Gasteiger partial charge in [0.25, 0.3) is 0 Å². The number of aryl methyl sites for hydroxylation is 1. The summed E-state index contributed by atoms with van der Waals surface area (Å²) in [6.45, 7) is 4.01. The molecule has 4 rings (SSSR count). The normalized spacial score (nSPS) is 10.9. The molecule has 0 aliphatic heterocycles. The molecule has 0 spiro atoms. The number of ether oxygens (including phenoxy) is 1. The van der Waals surface area contributed by atoms with Gasteiger partial charge < -0.3 is 4.74 Å². The Hall–Kier alpha value is -2.55. The molecule has 0 atom stereocenters. The number of aromatic nitrogens is 4. The van der Waals surface area contributed by atoms with Gasteiger partial charge in [-0.1, -0.05) is 47.5 Å². The van der Waals surface area contributed by atoms with E-state index in [0.717, 1.165) is 16.1 Å². The van der Waals surface area contributed by atoms with Crippen molar-refractivity contribution >= 4 is 45.0 Å². The molecule has 4 aromatic rings. The molecule has 0 amide bonds. The number of para-hydroxylation sites is 1. The van der Waals surface area contributed by atoms with Gasteiger partial charge in [0.1, 0.15) is 10.7 Å². The van der Waals surface area contributed by atoms with E-state index in [-0.39, 0.29) is 12.3 Å². The molecule has 6 nitrogen and oxygen atoms in total. The van der Waals surface area contributed by atoms with E-state index in [9.17, 15) is 4.79 Å². The second-order valence-corrected chi connectivity index (χ2v) is 8.34. The third-order valence-corrected chi connectivity index (χ3v) is 6.11. The van der Waals surface area contributed by atoms with E-state index in [0.29, 0.717) is 26.7 Å². The maximum absolute atomic E-state index is 12.4. The lowest BCUT2D eigenvalue weighted by molar-refractivity contribution is 0.0518. The Labute approximate surface area is 190 Å². The number of halogens is 2. The first kappa shape index (κ1) is 20.7. The summed E-state index contributed by atoms with van der Waals surface area (Å²) in [5.41, 5.74) is 3.39. The minimum Gasteiger partial charge on any atom is -0.461 e. The molecular formula is C21H16BrClN4O2S. The standard InChI is InChI=1S/C21H16BrClN4O2S/c1-3-29-21(28)17-16(22)18(27(25-17)15-10-5-4-9-14(15)23)19-24-20(30-26-19)13-8-6-7-12(2)11-13/h4-11H,3H2,1-2H3. The molecule has 2 aromatic heterocycles. The Balaban J connectivity index is 1.89. The van der Waals surface area contributed by atoms with E-state index in [1.165, 1.54) is 11.5 Å². The zero-order valence-corrected chi connectivity index (χ0v) is 19.3. The topological polar surface area (TPSA) is 69.9 Å². The van der Waals surface area contributed by atoms with Gasteiger partial charge in [-0.05, 0) is 59.5 Å². The van der Waals surface area contributed by atoms with Crippen LogP contribution in [-0.4, -0.2) is 31.7 Å². The summed E-state index contributed by atoms with van der Waals surface area (Å²) in [6, 6.07) is 15.3. The number of hydrogen-bond donors (Lipinski definition) is 0. The van der Waals surface area contributed by atoms with E-state index < -0.39 is 5.97 Å². The molecule has 0 N–H and O–H groups in total. The number of carbonyl (C=O) groups is 1. The predicted molar refractivity (Wildman–Crippen MR) is 121 cm³/mol. The van der Waals surface area contributed by atoms with Gasteiger partial charge in [0, 0.05) is 5.56 Å². The molecule has 0 bridgehead atoms. The Bertz CT molecular complexity index is 1240. The summed E-state index contributed by atoms with van der Waals surface area (Å²) in [5.74, 6) is -0.100. The largest absolute Gasteiger partial charge is 0.461 e. The van der Waals surface area contributed by atoms with Crippen molar-refractivity contribution in [3.63, 3.8) is 0 Å². The van der Waals surface area contributed by atoms with Crippen molar-refractivity contribution in [3.8, 4) is 27.8 Å². The van der Waals surface area contributed by atoms with Crippen molar-refractivity contribution in [3.05, 3.63) is 69.3 Å². The van der Waals surface area contributed by atoms with Gasteiger partial charge in [-0.3, -0.25) is 0 Å². The van der Waals surface area contributed by atoms with E-state index in [2.05, 4.69) is 31.5 Å². The second kappa shape index (κ2) is 8.67. The Kier molecular flexibility index (Phi) is 5.99. The van der Waals surface area contributed by atoms with Gasteiger partial charge >= 0.3 is 5.97 Å². The van der Waals surface area contributed by atoms with E-state index >= 15 is 0 Å². The molecule has 0 fully saturated rings. The summed E-state index contributed by atoms with van der Waals surface area (Å²) in [7, 11) is 0. The van der Waals surface area contributed by atoms with Crippen LogP contribution in [-0.2, 0) is 4.74 Å². The smallest absolute Gasteiger partial charge is 0.360 e. The molecule has 30 heavy (non-hydrogen) atoms. The third kappa shape index (κ3) is 3.90. The lowest BCUT2D eigenvalue weighted by Crippen LogP contribution is -2.07. The number of rotatable bonds is 5. The molecule has 2 aromatic carbocycles. The highest BCUT2D eigenvalue weighted by molar-refractivity contribution is 9.10. The summed E-state index contributed by atoms with van der Waals surface area (Å²) in [6.07, 6.45) is 0. The average molecular weight is 504 g/mol. The average Bonchev–Trinajstić information content (AvgIpc) is 3.33. The van der Waals surface area contributed by atoms with E-state index in [1.54, 1.807) is 17.7 Å². The summed E-state index contributed by atoms with van der Waals surface area (Å²) in [4.78, 5) is 17.2. The fourth-order valence-corrected chi connectivity index (χ4v) is 4.40.